The summed E-state index contributed by atoms with van der Waals surface area (Å²) in [5.74, 6) is 0. The van der Waals surface area contributed by atoms with Crippen LogP contribution in [0.4, 0.5) is 0 Å². The van der Waals surface area contributed by atoms with Gasteiger partial charge >= 0.3 is 0 Å². The minimum Gasteiger partial charge on any atom is -0.396 e. The fourth-order valence-electron chi connectivity index (χ4n) is 2.32. The Morgan fingerprint density at radius 1 is 1.06 bits per heavy atom. The molecule has 0 aromatic rings. The van der Waals surface area contributed by atoms with E-state index in [-0.39, 0.29) is 17.6 Å². The van der Waals surface area contributed by atoms with Crippen LogP contribution in [0.2, 0.25) is 0 Å². The zero-order chi connectivity index (χ0) is 13.2. The SMILES string of the molecule is CC(C)(O)C(C)(C)NCC1(CO)CCCCC1. The second kappa shape index (κ2) is 5.25. The van der Waals surface area contributed by atoms with Gasteiger partial charge in [-0.25, -0.2) is 0 Å². The number of rotatable bonds is 5. The van der Waals surface area contributed by atoms with Crippen LogP contribution < -0.4 is 5.32 Å². The van der Waals surface area contributed by atoms with Gasteiger partial charge in [0, 0.05) is 24.1 Å². The van der Waals surface area contributed by atoms with Crippen LogP contribution in [0, 0.1) is 5.41 Å². The maximum atomic E-state index is 10.1. The van der Waals surface area contributed by atoms with Gasteiger partial charge in [-0.05, 0) is 40.5 Å². The first-order valence-corrected chi connectivity index (χ1v) is 6.81. The van der Waals surface area contributed by atoms with Crippen LogP contribution in [0.3, 0.4) is 0 Å². The quantitative estimate of drug-likeness (QED) is 0.693. The zero-order valence-corrected chi connectivity index (χ0v) is 11.8. The van der Waals surface area contributed by atoms with E-state index in [1.807, 2.05) is 27.7 Å². The van der Waals surface area contributed by atoms with Gasteiger partial charge < -0.3 is 15.5 Å². The van der Waals surface area contributed by atoms with Crippen molar-refractivity contribution in [3.63, 3.8) is 0 Å². The van der Waals surface area contributed by atoms with Crippen molar-refractivity contribution < 1.29 is 10.2 Å². The number of aliphatic hydroxyl groups excluding tert-OH is 1. The Bertz CT molecular complexity index is 237. The number of hydrogen-bond donors (Lipinski definition) is 3. The predicted molar refractivity (Wildman–Crippen MR) is 71.0 cm³/mol. The number of aliphatic hydroxyl groups is 2. The summed E-state index contributed by atoms with van der Waals surface area (Å²) in [6.07, 6.45) is 5.91. The van der Waals surface area contributed by atoms with Crippen molar-refractivity contribution in [3.05, 3.63) is 0 Å². The van der Waals surface area contributed by atoms with Crippen molar-refractivity contribution in [1.82, 2.24) is 5.32 Å². The smallest absolute Gasteiger partial charge is 0.0767 e. The van der Waals surface area contributed by atoms with E-state index in [2.05, 4.69) is 5.32 Å². The second-order valence-corrected chi connectivity index (χ2v) is 6.76. The predicted octanol–water partition coefficient (Wildman–Crippen LogP) is 2.07. The van der Waals surface area contributed by atoms with Crippen molar-refractivity contribution in [2.24, 2.45) is 5.41 Å². The lowest BCUT2D eigenvalue weighted by atomic mass is 9.73. The molecule has 0 heterocycles. The summed E-state index contributed by atoms with van der Waals surface area (Å²) in [7, 11) is 0. The van der Waals surface area contributed by atoms with E-state index in [0.717, 1.165) is 19.4 Å². The van der Waals surface area contributed by atoms with E-state index in [1.165, 1.54) is 19.3 Å². The highest BCUT2D eigenvalue weighted by molar-refractivity contribution is 4.96. The van der Waals surface area contributed by atoms with E-state index >= 15 is 0 Å². The fraction of sp³-hybridized carbons (Fsp3) is 1.00. The number of nitrogens with one attached hydrogen (secondary N) is 1. The highest BCUT2D eigenvalue weighted by atomic mass is 16.3. The molecule has 0 aliphatic heterocycles. The molecule has 1 saturated carbocycles. The molecule has 3 N–H and O–H groups in total. The van der Waals surface area contributed by atoms with Gasteiger partial charge in [0.25, 0.3) is 0 Å². The largest absolute Gasteiger partial charge is 0.396 e. The van der Waals surface area contributed by atoms with E-state index in [1.54, 1.807) is 0 Å². The first-order valence-electron chi connectivity index (χ1n) is 6.81. The maximum Gasteiger partial charge on any atom is 0.0767 e. The van der Waals surface area contributed by atoms with E-state index in [9.17, 15) is 10.2 Å². The molecule has 102 valence electrons. The van der Waals surface area contributed by atoms with Gasteiger partial charge in [0.2, 0.25) is 0 Å². The van der Waals surface area contributed by atoms with Gasteiger partial charge in [0.15, 0.2) is 0 Å². The summed E-state index contributed by atoms with van der Waals surface area (Å²) in [6, 6.07) is 0. The molecule has 1 rings (SSSR count). The molecular formula is C14H29NO2. The molecule has 0 aromatic carbocycles. The van der Waals surface area contributed by atoms with Crippen LogP contribution in [0.15, 0.2) is 0 Å². The van der Waals surface area contributed by atoms with Crippen LogP contribution in [0.1, 0.15) is 59.8 Å². The first kappa shape index (κ1) is 14.9. The zero-order valence-electron chi connectivity index (χ0n) is 11.8. The van der Waals surface area contributed by atoms with Crippen molar-refractivity contribution in [2.75, 3.05) is 13.2 Å². The van der Waals surface area contributed by atoms with Gasteiger partial charge in [-0.1, -0.05) is 19.3 Å². The minimum atomic E-state index is -0.766. The van der Waals surface area contributed by atoms with Gasteiger partial charge in [-0.2, -0.15) is 0 Å². The first-order chi connectivity index (χ1) is 7.72. The molecular weight excluding hydrogens is 214 g/mol. The van der Waals surface area contributed by atoms with Crippen LogP contribution in [-0.4, -0.2) is 34.5 Å². The molecule has 3 nitrogen and oxygen atoms in total. The highest BCUT2D eigenvalue weighted by Gasteiger charge is 2.38. The highest BCUT2D eigenvalue weighted by Crippen LogP contribution is 2.36. The van der Waals surface area contributed by atoms with Gasteiger partial charge in [-0.15, -0.1) is 0 Å². The van der Waals surface area contributed by atoms with Crippen molar-refractivity contribution in [1.29, 1.82) is 0 Å². The summed E-state index contributed by atoms with van der Waals surface area (Å²) >= 11 is 0. The molecule has 1 fully saturated rings. The third kappa shape index (κ3) is 3.67. The normalized spacial score (nSPS) is 21.5. The molecule has 0 atom stereocenters. The molecule has 17 heavy (non-hydrogen) atoms. The monoisotopic (exact) mass is 243 g/mol. The Labute approximate surface area is 106 Å². The average Bonchev–Trinajstić information content (AvgIpc) is 2.26. The summed E-state index contributed by atoms with van der Waals surface area (Å²) in [5, 5.41) is 23.2. The molecule has 0 amide bonds. The molecule has 0 saturated heterocycles. The lowest BCUT2D eigenvalue weighted by Gasteiger charge is -2.43. The van der Waals surface area contributed by atoms with Crippen LogP contribution >= 0.6 is 0 Å². The number of hydrogen-bond acceptors (Lipinski definition) is 3. The minimum absolute atomic E-state index is 0.0285. The van der Waals surface area contributed by atoms with Gasteiger partial charge in [-0.3, -0.25) is 0 Å². The fourth-order valence-corrected chi connectivity index (χ4v) is 2.32. The van der Waals surface area contributed by atoms with Crippen molar-refractivity contribution in [2.45, 2.75) is 70.9 Å². The van der Waals surface area contributed by atoms with Gasteiger partial charge in [0.05, 0.1) is 5.60 Å². The third-order valence-corrected chi connectivity index (χ3v) is 4.68. The third-order valence-electron chi connectivity index (χ3n) is 4.68. The molecule has 0 aromatic heterocycles. The summed E-state index contributed by atoms with van der Waals surface area (Å²) < 4.78 is 0. The molecule has 1 aliphatic rings. The van der Waals surface area contributed by atoms with E-state index < -0.39 is 5.60 Å². The molecule has 0 radical (unpaired) electrons. The van der Waals surface area contributed by atoms with Crippen LogP contribution in [-0.2, 0) is 0 Å². The Morgan fingerprint density at radius 3 is 2.00 bits per heavy atom. The second-order valence-electron chi connectivity index (χ2n) is 6.76. The maximum absolute atomic E-state index is 10.1. The van der Waals surface area contributed by atoms with Crippen LogP contribution in [0.5, 0.6) is 0 Å². The Kier molecular flexibility index (Phi) is 4.61. The molecule has 0 unspecified atom stereocenters. The van der Waals surface area contributed by atoms with E-state index in [0.29, 0.717) is 0 Å². The Hall–Kier alpha value is -0.120. The molecule has 3 heteroatoms. The molecule has 0 bridgehead atoms. The van der Waals surface area contributed by atoms with Crippen molar-refractivity contribution in [3.8, 4) is 0 Å². The standard InChI is InChI=1S/C14H29NO2/c1-12(2,13(3,4)17)15-10-14(11-16)8-6-5-7-9-14/h15-17H,5-11H2,1-4H3. The lowest BCUT2D eigenvalue weighted by molar-refractivity contribution is -0.0171. The Balaban J connectivity index is 2.58. The summed E-state index contributed by atoms with van der Waals surface area (Å²) in [4.78, 5) is 0. The summed E-state index contributed by atoms with van der Waals surface area (Å²) in [5.41, 5.74) is -1.08. The Morgan fingerprint density at radius 2 is 1.59 bits per heavy atom. The molecule has 0 spiro atoms. The van der Waals surface area contributed by atoms with Gasteiger partial charge in [0.1, 0.15) is 0 Å². The average molecular weight is 243 g/mol. The summed E-state index contributed by atoms with van der Waals surface area (Å²) in [6.45, 7) is 8.73. The topological polar surface area (TPSA) is 52.5 Å². The van der Waals surface area contributed by atoms with E-state index in [4.69, 9.17) is 0 Å². The lowest BCUT2D eigenvalue weighted by Crippen LogP contribution is -2.58. The molecule has 1 aliphatic carbocycles. The van der Waals surface area contributed by atoms with Crippen molar-refractivity contribution >= 4 is 0 Å². The van der Waals surface area contributed by atoms with Crippen LogP contribution in [0.25, 0.3) is 0 Å².